The van der Waals surface area contributed by atoms with Crippen LogP contribution in [-0.2, 0) is 19.6 Å². The maximum absolute atomic E-state index is 13.1. The lowest BCUT2D eigenvalue weighted by Crippen LogP contribution is -2.53. The van der Waals surface area contributed by atoms with E-state index in [1.165, 1.54) is 15.3 Å². The molecular formula is C19H26N6O5S2. The summed E-state index contributed by atoms with van der Waals surface area (Å²) in [5, 5.41) is 2.84. The highest BCUT2D eigenvalue weighted by molar-refractivity contribution is 7.89. The molecule has 1 aromatic carbocycles. The fourth-order valence-electron chi connectivity index (χ4n) is 3.90. The molecule has 2 aliphatic rings. The van der Waals surface area contributed by atoms with E-state index in [-0.39, 0.29) is 49.1 Å². The van der Waals surface area contributed by atoms with Crippen molar-refractivity contribution in [2.75, 3.05) is 46.8 Å². The van der Waals surface area contributed by atoms with E-state index in [1.807, 2.05) is 0 Å². The number of carbonyl (C=O) groups excluding carboxylic acids is 2. The van der Waals surface area contributed by atoms with Crippen LogP contribution >= 0.6 is 11.7 Å². The van der Waals surface area contributed by atoms with Crippen molar-refractivity contribution in [3.8, 4) is 0 Å². The Morgan fingerprint density at radius 1 is 1.19 bits per heavy atom. The molecule has 2 saturated heterocycles. The highest BCUT2D eigenvalue weighted by Gasteiger charge is 2.34. The Hall–Kier alpha value is -2.35. The number of hydrogen-bond donors (Lipinski definition) is 1. The molecule has 2 aliphatic heterocycles. The van der Waals surface area contributed by atoms with Gasteiger partial charge in [-0.2, -0.15) is 13.1 Å². The van der Waals surface area contributed by atoms with Gasteiger partial charge in [-0.25, -0.2) is 13.2 Å². The van der Waals surface area contributed by atoms with Crippen LogP contribution in [0.5, 0.6) is 0 Å². The minimum atomic E-state index is -3.73. The molecule has 0 saturated carbocycles. The summed E-state index contributed by atoms with van der Waals surface area (Å²) >= 11 is 0.977. The van der Waals surface area contributed by atoms with Gasteiger partial charge in [-0.15, -0.1) is 0 Å². The van der Waals surface area contributed by atoms with E-state index < -0.39 is 16.1 Å². The van der Waals surface area contributed by atoms with E-state index in [0.717, 1.165) is 11.7 Å². The number of nitrogens with zero attached hydrogens (tertiary/aromatic N) is 5. The summed E-state index contributed by atoms with van der Waals surface area (Å²) < 4.78 is 41.6. The summed E-state index contributed by atoms with van der Waals surface area (Å²) in [6.07, 6.45) is 0.669. The molecule has 3 amide bonds. The molecule has 2 unspecified atom stereocenters. The Bertz CT molecular complexity index is 1100. The van der Waals surface area contributed by atoms with Crippen molar-refractivity contribution in [2.45, 2.75) is 29.9 Å². The van der Waals surface area contributed by atoms with Crippen molar-refractivity contribution >= 4 is 44.7 Å². The SMILES string of the molecule is CN(C)C(=O)C1CCC(CNC(=O)N2CCN(S(=O)(=O)c3cccc4nsnc34)CC2)O1. The topological polar surface area (TPSA) is 125 Å². The van der Waals surface area contributed by atoms with Crippen molar-refractivity contribution in [3.05, 3.63) is 18.2 Å². The van der Waals surface area contributed by atoms with Crippen molar-refractivity contribution in [1.29, 1.82) is 0 Å². The van der Waals surface area contributed by atoms with E-state index >= 15 is 0 Å². The lowest BCUT2D eigenvalue weighted by molar-refractivity contribution is -0.140. The number of sulfonamides is 1. The van der Waals surface area contributed by atoms with E-state index in [1.54, 1.807) is 31.1 Å². The second-order valence-electron chi connectivity index (χ2n) is 8.02. The first-order valence-electron chi connectivity index (χ1n) is 10.4. The van der Waals surface area contributed by atoms with Crippen molar-refractivity contribution in [2.24, 2.45) is 0 Å². The lowest BCUT2D eigenvalue weighted by Gasteiger charge is -2.34. The Morgan fingerprint density at radius 3 is 2.66 bits per heavy atom. The summed E-state index contributed by atoms with van der Waals surface area (Å²) in [4.78, 5) is 27.8. The van der Waals surface area contributed by atoms with Gasteiger partial charge in [0.15, 0.2) is 0 Å². The number of ether oxygens (including phenoxy) is 1. The normalized spacial score (nSPS) is 22.2. The van der Waals surface area contributed by atoms with Gasteiger partial charge in [0.1, 0.15) is 22.0 Å². The van der Waals surface area contributed by atoms with Gasteiger partial charge < -0.3 is 19.9 Å². The highest BCUT2D eigenvalue weighted by Crippen LogP contribution is 2.25. The van der Waals surface area contributed by atoms with Crippen LogP contribution in [-0.4, -0.2) is 102 Å². The van der Waals surface area contributed by atoms with Crippen LogP contribution in [0.3, 0.4) is 0 Å². The van der Waals surface area contributed by atoms with Gasteiger partial charge in [0, 0.05) is 46.8 Å². The number of urea groups is 1. The van der Waals surface area contributed by atoms with Crippen LogP contribution < -0.4 is 5.32 Å². The average Bonchev–Trinajstić information content (AvgIpc) is 3.46. The molecule has 2 fully saturated rings. The van der Waals surface area contributed by atoms with E-state index in [0.29, 0.717) is 30.4 Å². The van der Waals surface area contributed by atoms with Crippen LogP contribution in [0.4, 0.5) is 4.79 Å². The molecule has 0 radical (unpaired) electrons. The van der Waals surface area contributed by atoms with Crippen LogP contribution in [0.1, 0.15) is 12.8 Å². The minimum absolute atomic E-state index is 0.0692. The number of nitrogens with one attached hydrogen (secondary N) is 1. The van der Waals surface area contributed by atoms with Crippen molar-refractivity contribution in [1.82, 2.24) is 28.2 Å². The molecule has 2 aromatic rings. The Kier molecular flexibility index (Phi) is 6.60. The molecule has 13 heteroatoms. The summed E-state index contributed by atoms with van der Waals surface area (Å²) in [6, 6.07) is 4.65. The zero-order valence-electron chi connectivity index (χ0n) is 17.9. The second-order valence-corrected chi connectivity index (χ2v) is 10.5. The zero-order chi connectivity index (χ0) is 22.9. The van der Waals surface area contributed by atoms with Gasteiger partial charge in [0.25, 0.3) is 5.91 Å². The molecule has 11 nitrogen and oxygen atoms in total. The predicted molar refractivity (Wildman–Crippen MR) is 118 cm³/mol. The third-order valence-corrected chi connectivity index (χ3v) is 8.17. The number of hydrogen-bond acceptors (Lipinski definition) is 8. The molecule has 0 spiro atoms. The average molecular weight is 483 g/mol. The number of amides is 3. The number of rotatable bonds is 5. The number of aromatic nitrogens is 2. The molecule has 174 valence electrons. The smallest absolute Gasteiger partial charge is 0.317 e. The zero-order valence-corrected chi connectivity index (χ0v) is 19.6. The molecular weight excluding hydrogens is 456 g/mol. The largest absolute Gasteiger partial charge is 0.363 e. The quantitative estimate of drug-likeness (QED) is 0.652. The standard InChI is InChI=1S/C19H26N6O5S2/c1-23(2)18(26)15-7-6-13(30-15)12-20-19(27)24-8-10-25(11-9-24)32(28,29)16-5-3-4-14-17(16)22-31-21-14/h3-5,13,15H,6-12H2,1-2H3,(H,20,27). The van der Waals surface area contributed by atoms with Crippen molar-refractivity contribution in [3.63, 3.8) is 0 Å². The third-order valence-electron chi connectivity index (χ3n) is 5.70. The molecule has 3 heterocycles. The summed E-state index contributed by atoms with van der Waals surface area (Å²) in [7, 11) is -0.353. The van der Waals surface area contributed by atoms with Gasteiger partial charge >= 0.3 is 6.03 Å². The van der Waals surface area contributed by atoms with Gasteiger partial charge in [-0.1, -0.05) is 6.07 Å². The number of fused-ring (bicyclic) bond motifs is 1. The van der Waals surface area contributed by atoms with Crippen LogP contribution in [0.2, 0.25) is 0 Å². The van der Waals surface area contributed by atoms with E-state index in [2.05, 4.69) is 14.1 Å². The monoisotopic (exact) mass is 482 g/mol. The second kappa shape index (κ2) is 9.25. The Balaban J connectivity index is 1.29. The molecule has 4 rings (SSSR count). The molecule has 0 aliphatic carbocycles. The fourth-order valence-corrected chi connectivity index (χ4v) is 6.07. The molecule has 1 N–H and O–H groups in total. The number of benzene rings is 1. The van der Waals surface area contributed by atoms with Crippen LogP contribution in [0, 0.1) is 0 Å². The third kappa shape index (κ3) is 4.56. The predicted octanol–water partition coefficient (Wildman–Crippen LogP) is 0.343. The number of carbonyl (C=O) groups is 2. The van der Waals surface area contributed by atoms with E-state index in [9.17, 15) is 18.0 Å². The van der Waals surface area contributed by atoms with Crippen LogP contribution in [0.25, 0.3) is 11.0 Å². The van der Waals surface area contributed by atoms with Gasteiger partial charge in [0.05, 0.1) is 17.8 Å². The Labute approximate surface area is 190 Å². The molecule has 2 atom stereocenters. The lowest BCUT2D eigenvalue weighted by atomic mass is 10.2. The summed E-state index contributed by atoms with van der Waals surface area (Å²) in [5.41, 5.74) is 0.929. The first-order chi connectivity index (χ1) is 15.3. The number of piperazine rings is 1. The fraction of sp³-hybridized carbons (Fsp3) is 0.579. The van der Waals surface area contributed by atoms with E-state index in [4.69, 9.17) is 4.74 Å². The first kappa shape index (κ1) is 22.8. The first-order valence-corrected chi connectivity index (χ1v) is 12.5. The summed E-state index contributed by atoms with van der Waals surface area (Å²) in [6.45, 7) is 1.27. The number of likely N-dealkylation sites (N-methyl/N-ethyl adjacent to an activating group) is 1. The maximum Gasteiger partial charge on any atom is 0.317 e. The molecule has 1 aromatic heterocycles. The maximum atomic E-state index is 13.1. The molecule has 0 bridgehead atoms. The van der Waals surface area contributed by atoms with Gasteiger partial charge in [-0.05, 0) is 25.0 Å². The highest BCUT2D eigenvalue weighted by atomic mass is 32.2. The van der Waals surface area contributed by atoms with Gasteiger partial charge in [0.2, 0.25) is 10.0 Å². The Morgan fingerprint density at radius 2 is 1.94 bits per heavy atom. The molecule has 32 heavy (non-hydrogen) atoms. The summed E-state index contributed by atoms with van der Waals surface area (Å²) in [5.74, 6) is -0.0692. The van der Waals surface area contributed by atoms with Gasteiger partial charge in [-0.3, -0.25) is 4.79 Å². The van der Waals surface area contributed by atoms with Crippen molar-refractivity contribution < 1.29 is 22.7 Å². The van der Waals surface area contributed by atoms with Crippen LogP contribution in [0.15, 0.2) is 23.1 Å². The minimum Gasteiger partial charge on any atom is -0.363 e.